The minimum atomic E-state index is 0.559. The minimum absolute atomic E-state index is 0.559. The molecule has 0 aliphatic heterocycles. The maximum atomic E-state index is 5.66. The summed E-state index contributed by atoms with van der Waals surface area (Å²) in [4.78, 5) is 1.29. The number of hydrogen-bond acceptors (Lipinski definition) is 3. The third kappa shape index (κ3) is 4.73. The van der Waals surface area contributed by atoms with Crippen LogP contribution in [-0.4, -0.2) is 20.0 Å². The number of nitrogens with one attached hydrogen (secondary N) is 1. The van der Waals surface area contributed by atoms with Crippen molar-refractivity contribution in [2.75, 3.05) is 6.54 Å². The topological polar surface area (TPSA) is 38.0 Å². The van der Waals surface area contributed by atoms with Gasteiger partial charge in [0, 0.05) is 6.04 Å². The summed E-state index contributed by atoms with van der Waals surface area (Å²) < 4.78 is 0. The Morgan fingerprint density at radius 3 is 2.73 bits per heavy atom. The van der Waals surface area contributed by atoms with Gasteiger partial charge in [-0.1, -0.05) is 24.7 Å². The van der Waals surface area contributed by atoms with Crippen molar-refractivity contribution in [2.24, 2.45) is 5.64 Å². The number of thioether (sulfide) groups is 1. The van der Waals surface area contributed by atoms with Gasteiger partial charge < -0.3 is 11.0 Å². The SMILES string of the molecule is C=CS/C(CCNC1CC1)=C(/BN)C=C. The third-order valence-corrected chi connectivity index (χ3v) is 3.33. The Bertz CT molecular complexity index is 259. The normalized spacial score (nSPS) is 16.9. The van der Waals surface area contributed by atoms with E-state index in [0.29, 0.717) is 7.41 Å². The second-order valence-electron chi connectivity index (χ2n) is 3.62. The summed E-state index contributed by atoms with van der Waals surface area (Å²) in [7, 11) is 0.559. The lowest BCUT2D eigenvalue weighted by molar-refractivity contribution is 0.687. The quantitative estimate of drug-likeness (QED) is 0.485. The Morgan fingerprint density at radius 2 is 2.27 bits per heavy atom. The molecule has 0 amide bonds. The van der Waals surface area contributed by atoms with Crippen LogP contribution in [0.1, 0.15) is 19.3 Å². The monoisotopic (exact) mass is 222 g/mol. The molecule has 0 radical (unpaired) electrons. The van der Waals surface area contributed by atoms with Crippen LogP contribution >= 0.6 is 11.8 Å². The molecule has 0 aromatic rings. The Balaban J connectivity index is 2.42. The van der Waals surface area contributed by atoms with Gasteiger partial charge in [-0.3, -0.25) is 0 Å². The molecule has 3 N–H and O–H groups in total. The van der Waals surface area contributed by atoms with Gasteiger partial charge in [-0.2, -0.15) is 0 Å². The van der Waals surface area contributed by atoms with Gasteiger partial charge in [0.2, 0.25) is 7.41 Å². The van der Waals surface area contributed by atoms with E-state index < -0.39 is 0 Å². The van der Waals surface area contributed by atoms with Crippen LogP contribution in [0.15, 0.2) is 35.0 Å². The van der Waals surface area contributed by atoms with Crippen molar-refractivity contribution < 1.29 is 0 Å². The van der Waals surface area contributed by atoms with Crippen LogP contribution in [0.25, 0.3) is 0 Å². The van der Waals surface area contributed by atoms with Gasteiger partial charge in [0.05, 0.1) is 0 Å². The van der Waals surface area contributed by atoms with Gasteiger partial charge in [-0.05, 0) is 36.1 Å². The predicted octanol–water partition coefficient (Wildman–Crippen LogP) is 1.71. The Morgan fingerprint density at radius 1 is 1.53 bits per heavy atom. The predicted molar refractivity (Wildman–Crippen MR) is 72.0 cm³/mol. The number of rotatable bonds is 8. The summed E-state index contributed by atoms with van der Waals surface area (Å²) in [6, 6.07) is 0.769. The fourth-order valence-corrected chi connectivity index (χ4v) is 2.12. The van der Waals surface area contributed by atoms with Gasteiger partial charge in [0.25, 0.3) is 0 Å². The molecule has 1 aliphatic rings. The molecule has 4 heteroatoms. The van der Waals surface area contributed by atoms with Gasteiger partial charge in [0.1, 0.15) is 0 Å². The van der Waals surface area contributed by atoms with Crippen LogP contribution in [-0.2, 0) is 0 Å². The molecule has 0 spiro atoms. The molecule has 0 heterocycles. The van der Waals surface area contributed by atoms with E-state index in [0.717, 1.165) is 24.5 Å². The molecule has 0 atom stereocenters. The van der Waals surface area contributed by atoms with E-state index in [4.69, 9.17) is 5.64 Å². The first-order valence-corrected chi connectivity index (χ1v) is 6.25. The lowest BCUT2D eigenvalue weighted by Gasteiger charge is -2.09. The Kier molecular flexibility index (Phi) is 5.83. The number of nitrogens with two attached hydrogens (primary N) is 1. The smallest absolute Gasteiger partial charge is 0.234 e. The molecule has 2 nitrogen and oxygen atoms in total. The molecular weight excluding hydrogens is 203 g/mol. The summed E-state index contributed by atoms with van der Waals surface area (Å²) in [5.74, 6) is 0. The van der Waals surface area contributed by atoms with Crippen LogP contribution < -0.4 is 11.0 Å². The molecule has 15 heavy (non-hydrogen) atoms. The molecule has 82 valence electrons. The third-order valence-electron chi connectivity index (χ3n) is 2.41. The van der Waals surface area contributed by atoms with Crippen molar-refractivity contribution in [3.63, 3.8) is 0 Å². The van der Waals surface area contributed by atoms with E-state index in [-0.39, 0.29) is 0 Å². The zero-order chi connectivity index (χ0) is 11.1. The molecule has 1 aliphatic carbocycles. The van der Waals surface area contributed by atoms with Gasteiger partial charge in [-0.25, -0.2) is 0 Å². The summed E-state index contributed by atoms with van der Waals surface area (Å²) >= 11 is 1.66. The fourth-order valence-electron chi connectivity index (χ4n) is 1.38. The number of allylic oxidation sites excluding steroid dienone is 2. The van der Waals surface area contributed by atoms with Crippen LogP contribution in [0, 0.1) is 0 Å². The van der Waals surface area contributed by atoms with Crippen LogP contribution in [0.2, 0.25) is 0 Å². The largest absolute Gasteiger partial charge is 0.369 e. The van der Waals surface area contributed by atoms with Crippen molar-refractivity contribution in [1.29, 1.82) is 0 Å². The molecule has 0 saturated heterocycles. The van der Waals surface area contributed by atoms with E-state index in [9.17, 15) is 0 Å². The average Bonchev–Trinajstić information content (AvgIpc) is 3.03. The first kappa shape index (κ1) is 12.6. The van der Waals surface area contributed by atoms with Crippen LogP contribution in [0.3, 0.4) is 0 Å². The summed E-state index contributed by atoms with van der Waals surface area (Å²) in [5.41, 5.74) is 6.80. The molecule has 0 unspecified atom stereocenters. The molecule has 0 aromatic heterocycles. The lowest BCUT2D eigenvalue weighted by Crippen LogP contribution is -2.18. The Labute approximate surface area is 97.3 Å². The maximum Gasteiger partial charge on any atom is 0.234 e. The minimum Gasteiger partial charge on any atom is -0.369 e. The van der Waals surface area contributed by atoms with Crippen LogP contribution in [0.5, 0.6) is 0 Å². The number of hydrogen-bond donors (Lipinski definition) is 2. The molecule has 1 fully saturated rings. The van der Waals surface area contributed by atoms with Crippen molar-refractivity contribution in [3.8, 4) is 0 Å². The van der Waals surface area contributed by atoms with Crippen molar-refractivity contribution in [2.45, 2.75) is 25.3 Å². The summed E-state index contributed by atoms with van der Waals surface area (Å²) in [6.45, 7) is 8.55. The zero-order valence-corrected chi connectivity index (χ0v) is 9.98. The highest BCUT2D eigenvalue weighted by atomic mass is 32.2. The molecule has 1 rings (SSSR count). The highest BCUT2D eigenvalue weighted by Crippen LogP contribution is 2.24. The van der Waals surface area contributed by atoms with E-state index in [1.165, 1.54) is 17.7 Å². The van der Waals surface area contributed by atoms with E-state index in [1.54, 1.807) is 11.8 Å². The highest BCUT2D eigenvalue weighted by molar-refractivity contribution is 8.05. The van der Waals surface area contributed by atoms with Crippen molar-refractivity contribution >= 4 is 19.2 Å². The summed E-state index contributed by atoms with van der Waals surface area (Å²) in [6.07, 6.45) is 5.53. The average molecular weight is 222 g/mol. The van der Waals surface area contributed by atoms with E-state index in [1.807, 2.05) is 11.5 Å². The Hall–Kier alpha value is -0.445. The molecule has 0 bridgehead atoms. The zero-order valence-electron chi connectivity index (χ0n) is 9.17. The van der Waals surface area contributed by atoms with Crippen LogP contribution in [0.4, 0.5) is 0 Å². The molecule has 0 aromatic carbocycles. The fraction of sp³-hybridized carbons (Fsp3) is 0.455. The molecule has 1 saturated carbocycles. The second-order valence-corrected chi connectivity index (χ2v) is 4.68. The van der Waals surface area contributed by atoms with Gasteiger partial charge in [0.15, 0.2) is 0 Å². The lowest BCUT2D eigenvalue weighted by atomic mass is 9.83. The van der Waals surface area contributed by atoms with Gasteiger partial charge >= 0.3 is 0 Å². The first-order valence-electron chi connectivity index (χ1n) is 5.37. The highest BCUT2D eigenvalue weighted by Gasteiger charge is 2.19. The first-order chi connectivity index (χ1) is 7.31. The second kappa shape index (κ2) is 6.93. The van der Waals surface area contributed by atoms with E-state index in [2.05, 4.69) is 18.5 Å². The summed E-state index contributed by atoms with van der Waals surface area (Å²) in [5, 5.41) is 5.34. The maximum absolute atomic E-state index is 5.66. The van der Waals surface area contributed by atoms with Crippen molar-refractivity contribution in [3.05, 3.63) is 35.0 Å². The van der Waals surface area contributed by atoms with Gasteiger partial charge in [-0.15, -0.1) is 11.8 Å². The molecular formula is C11H19BN2S. The van der Waals surface area contributed by atoms with Crippen molar-refractivity contribution in [1.82, 2.24) is 5.32 Å². The standard InChI is InChI=1S/C11H19BN2S/c1-3-10(12-13)11(15-4-2)7-8-14-9-5-6-9/h3-4,9,12,14H,1-2,5-8,13H2/b11-10+. The van der Waals surface area contributed by atoms with E-state index >= 15 is 0 Å².